The molecule has 37 heavy (non-hydrogen) atoms. The highest BCUT2D eigenvalue weighted by Gasteiger charge is 2.56. The number of anilines is 2. The van der Waals surface area contributed by atoms with E-state index in [1.807, 2.05) is 0 Å². The number of benzene rings is 1. The van der Waals surface area contributed by atoms with Crippen molar-refractivity contribution in [1.29, 1.82) is 0 Å². The summed E-state index contributed by atoms with van der Waals surface area (Å²) < 4.78 is 57.1. The fourth-order valence-corrected chi connectivity index (χ4v) is 4.56. The van der Waals surface area contributed by atoms with E-state index < -0.39 is 28.9 Å². The molecule has 1 unspecified atom stereocenters. The Morgan fingerprint density at radius 1 is 1.19 bits per heavy atom. The molecular weight excluding hydrogens is 490 g/mol. The van der Waals surface area contributed by atoms with Gasteiger partial charge in [0.25, 0.3) is 5.92 Å². The van der Waals surface area contributed by atoms with Crippen molar-refractivity contribution in [2.45, 2.75) is 38.2 Å². The number of amides is 1. The van der Waals surface area contributed by atoms with Gasteiger partial charge in [-0.1, -0.05) is 18.2 Å². The Balaban J connectivity index is 1.48. The minimum absolute atomic E-state index is 0.0123. The molecule has 12 heteroatoms. The average Bonchev–Trinajstić information content (AvgIpc) is 3.19. The molecule has 2 aliphatic rings. The standard InChI is InChI=1S/C25H21F4N7O/c1-24(2)17-19(30-9-13-8-25(13,28)29)32-21(33-20(17)34-23(24)37)18-15-7-14(26)10-31-22(15)36(35-18)11-12-5-3-4-6-16(12)27/h3-7,10,13H,8-9,11H2,1-2H3,(H2,30,32,33,34,37). The quantitative estimate of drug-likeness (QED) is 0.370. The van der Waals surface area contributed by atoms with Crippen LogP contribution in [0.15, 0.2) is 36.5 Å². The second kappa shape index (κ2) is 7.95. The lowest BCUT2D eigenvalue weighted by molar-refractivity contribution is -0.119. The Labute approximate surface area is 208 Å². The molecule has 1 aliphatic carbocycles. The van der Waals surface area contributed by atoms with E-state index in [1.165, 1.54) is 16.8 Å². The molecule has 0 radical (unpaired) electrons. The van der Waals surface area contributed by atoms with Gasteiger partial charge in [-0.2, -0.15) is 5.10 Å². The number of carbonyl (C=O) groups is 1. The molecule has 4 aromatic rings. The fourth-order valence-electron chi connectivity index (χ4n) is 4.56. The van der Waals surface area contributed by atoms with E-state index in [0.29, 0.717) is 11.1 Å². The maximum absolute atomic E-state index is 14.3. The van der Waals surface area contributed by atoms with E-state index in [0.717, 1.165) is 6.20 Å². The molecule has 190 valence electrons. The first-order valence-electron chi connectivity index (χ1n) is 11.7. The third-order valence-electron chi connectivity index (χ3n) is 6.85. The molecule has 1 atom stereocenters. The number of halogens is 4. The van der Waals surface area contributed by atoms with Crippen LogP contribution in [-0.4, -0.2) is 43.1 Å². The van der Waals surface area contributed by atoms with Gasteiger partial charge in [-0.3, -0.25) is 4.79 Å². The monoisotopic (exact) mass is 511 g/mol. The predicted octanol–water partition coefficient (Wildman–Crippen LogP) is 4.51. The van der Waals surface area contributed by atoms with Crippen LogP contribution in [0, 0.1) is 17.6 Å². The highest BCUT2D eigenvalue weighted by atomic mass is 19.3. The first-order valence-corrected chi connectivity index (χ1v) is 11.7. The van der Waals surface area contributed by atoms with Crippen LogP contribution in [0.3, 0.4) is 0 Å². The Morgan fingerprint density at radius 3 is 2.68 bits per heavy atom. The smallest absolute Gasteiger partial charge is 0.253 e. The number of nitrogens with one attached hydrogen (secondary N) is 2. The zero-order valence-corrected chi connectivity index (χ0v) is 19.8. The van der Waals surface area contributed by atoms with Gasteiger partial charge in [0, 0.05) is 24.4 Å². The van der Waals surface area contributed by atoms with Crippen molar-refractivity contribution in [1.82, 2.24) is 24.7 Å². The van der Waals surface area contributed by atoms with Crippen molar-refractivity contribution in [2.75, 3.05) is 17.2 Å². The van der Waals surface area contributed by atoms with Crippen molar-refractivity contribution in [3.63, 3.8) is 0 Å². The van der Waals surface area contributed by atoms with Crippen molar-refractivity contribution in [3.8, 4) is 11.5 Å². The van der Waals surface area contributed by atoms with Crippen LogP contribution in [-0.2, 0) is 16.8 Å². The molecule has 6 rings (SSSR count). The van der Waals surface area contributed by atoms with E-state index in [-0.39, 0.29) is 59.6 Å². The maximum Gasteiger partial charge on any atom is 0.253 e. The Kier molecular flexibility index (Phi) is 5.01. The third kappa shape index (κ3) is 3.87. The van der Waals surface area contributed by atoms with E-state index >= 15 is 0 Å². The normalized spacial score (nSPS) is 19.1. The van der Waals surface area contributed by atoms with Gasteiger partial charge in [0.1, 0.15) is 29.0 Å². The minimum atomic E-state index is -2.74. The summed E-state index contributed by atoms with van der Waals surface area (Å²) in [5.41, 5.74) is 0.216. The second-order valence-electron chi connectivity index (χ2n) is 9.86. The molecule has 8 nitrogen and oxygen atoms in total. The van der Waals surface area contributed by atoms with Gasteiger partial charge < -0.3 is 10.6 Å². The molecular formula is C25H21F4N7O. The molecule has 2 N–H and O–H groups in total. The van der Waals surface area contributed by atoms with E-state index in [1.54, 1.807) is 32.0 Å². The summed E-state index contributed by atoms with van der Waals surface area (Å²) in [4.78, 5) is 25.8. The topological polar surface area (TPSA) is 97.6 Å². The van der Waals surface area contributed by atoms with Crippen LogP contribution in [0.2, 0.25) is 0 Å². The number of hydrogen-bond donors (Lipinski definition) is 2. The van der Waals surface area contributed by atoms with E-state index in [2.05, 4.69) is 30.7 Å². The molecule has 1 saturated carbocycles. The summed E-state index contributed by atoms with van der Waals surface area (Å²) in [7, 11) is 0. The van der Waals surface area contributed by atoms with Crippen LogP contribution < -0.4 is 10.6 Å². The first kappa shape index (κ1) is 23.3. The zero-order valence-electron chi connectivity index (χ0n) is 19.8. The molecule has 0 bridgehead atoms. The van der Waals surface area contributed by atoms with Gasteiger partial charge >= 0.3 is 0 Å². The minimum Gasteiger partial charge on any atom is -0.369 e. The molecule has 1 fully saturated rings. The molecule has 0 saturated heterocycles. The highest BCUT2D eigenvalue weighted by molar-refractivity contribution is 6.06. The van der Waals surface area contributed by atoms with Gasteiger partial charge in [0.2, 0.25) is 5.91 Å². The number of fused-ring (bicyclic) bond motifs is 2. The number of hydrogen-bond acceptors (Lipinski definition) is 6. The van der Waals surface area contributed by atoms with Crippen LogP contribution in [0.1, 0.15) is 31.4 Å². The summed E-state index contributed by atoms with van der Waals surface area (Å²) in [6.45, 7) is 3.34. The Bertz CT molecular complexity index is 1580. The van der Waals surface area contributed by atoms with Gasteiger partial charge in [0.15, 0.2) is 11.5 Å². The van der Waals surface area contributed by atoms with Gasteiger partial charge in [-0.15, -0.1) is 0 Å². The number of alkyl halides is 2. The Morgan fingerprint density at radius 2 is 1.95 bits per heavy atom. The number of rotatable bonds is 6. The third-order valence-corrected chi connectivity index (χ3v) is 6.85. The lowest BCUT2D eigenvalue weighted by Gasteiger charge is -2.19. The number of aromatic nitrogens is 5. The lowest BCUT2D eigenvalue weighted by atomic mass is 9.87. The highest BCUT2D eigenvalue weighted by Crippen LogP contribution is 2.49. The lowest BCUT2D eigenvalue weighted by Crippen LogP contribution is -2.28. The molecule has 1 amide bonds. The SMILES string of the molecule is CC1(C)C(=O)Nc2nc(-c3nn(Cc4ccccc4F)c4ncc(F)cc34)nc(NCC3CC3(F)F)c21. The molecule has 4 heterocycles. The van der Waals surface area contributed by atoms with Crippen molar-refractivity contribution in [3.05, 3.63) is 59.3 Å². The predicted molar refractivity (Wildman–Crippen MR) is 127 cm³/mol. The fraction of sp³-hybridized carbons (Fsp3) is 0.320. The molecule has 3 aromatic heterocycles. The van der Waals surface area contributed by atoms with Gasteiger partial charge in [-0.25, -0.2) is 37.2 Å². The van der Waals surface area contributed by atoms with Crippen molar-refractivity contribution < 1.29 is 22.4 Å². The summed E-state index contributed by atoms with van der Waals surface area (Å²) in [5.74, 6) is -4.49. The van der Waals surface area contributed by atoms with E-state index in [9.17, 15) is 22.4 Å². The van der Waals surface area contributed by atoms with Crippen LogP contribution in [0.4, 0.5) is 29.2 Å². The summed E-state index contributed by atoms with van der Waals surface area (Å²) in [6, 6.07) is 7.40. The van der Waals surface area contributed by atoms with Crippen molar-refractivity contribution in [2.24, 2.45) is 5.92 Å². The Hall–Kier alpha value is -4.09. The molecule has 0 spiro atoms. The zero-order chi connectivity index (χ0) is 26.1. The van der Waals surface area contributed by atoms with Crippen LogP contribution in [0.5, 0.6) is 0 Å². The summed E-state index contributed by atoms with van der Waals surface area (Å²) in [6.07, 6.45) is 0.803. The number of nitrogens with zero attached hydrogens (tertiary/aromatic N) is 5. The van der Waals surface area contributed by atoms with E-state index in [4.69, 9.17) is 0 Å². The van der Waals surface area contributed by atoms with Crippen LogP contribution in [0.25, 0.3) is 22.6 Å². The summed E-state index contributed by atoms with van der Waals surface area (Å²) >= 11 is 0. The van der Waals surface area contributed by atoms with Gasteiger partial charge in [0.05, 0.1) is 29.1 Å². The summed E-state index contributed by atoms with van der Waals surface area (Å²) in [5, 5.41) is 10.5. The molecule has 1 aromatic carbocycles. The van der Waals surface area contributed by atoms with Crippen LogP contribution >= 0.6 is 0 Å². The second-order valence-corrected chi connectivity index (χ2v) is 9.86. The average molecular weight is 511 g/mol. The molecule has 1 aliphatic heterocycles. The maximum atomic E-state index is 14.3. The largest absolute Gasteiger partial charge is 0.369 e. The van der Waals surface area contributed by atoms with Crippen molar-refractivity contribution >= 4 is 28.6 Å². The number of pyridine rings is 1. The van der Waals surface area contributed by atoms with Gasteiger partial charge in [-0.05, 0) is 26.0 Å². The first-order chi connectivity index (χ1) is 17.5. The number of carbonyl (C=O) groups excluding carboxylic acids is 1.